The summed E-state index contributed by atoms with van der Waals surface area (Å²) in [6.07, 6.45) is 0. The molecule has 0 aromatic heterocycles. The molecule has 4 heteroatoms. The number of aliphatic hydroxyl groups excluding tert-OH is 1. The van der Waals surface area contributed by atoms with E-state index in [0.29, 0.717) is 5.69 Å². The minimum atomic E-state index is -0.0749. The lowest BCUT2D eigenvalue weighted by atomic mass is 10.2. The third-order valence-electron chi connectivity index (χ3n) is 1.76. The Bertz CT molecular complexity index is 267. The number of hydroxylamine groups is 1. The van der Waals surface area contributed by atoms with E-state index in [1.807, 2.05) is 32.0 Å². The second-order valence-corrected chi connectivity index (χ2v) is 2.61. The highest BCUT2D eigenvalue weighted by molar-refractivity contribution is 5.68. The summed E-state index contributed by atoms with van der Waals surface area (Å²) in [7, 11) is 1.78. The van der Waals surface area contributed by atoms with Gasteiger partial charge in [-0.25, -0.2) is 0 Å². The SMILES string of the molecule is CC.CNc1ccccc1N(O)CCO. The average Bonchev–Trinajstić information content (AvgIpc) is 2.32. The molecule has 0 aliphatic heterocycles. The molecule has 0 bridgehead atoms. The van der Waals surface area contributed by atoms with Crippen molar-refractivity contribution in [1.29, 1.82) is 0 Å². The number of hydrogen-bond acceptors (Lipinski definition) is 4. The van der Waals surface area contributed by atoms with Crippen LogP contribution in [-0.2, 0) is 0 Å². The molecule has 1 rings (SSSR count). The largest absolute Gasteiger partial charge is 0.394 e. The average molecular weight is 212 g/mol. The van der Waals surface area contributed by atoms with Gasteiger partial charge in [-0.15, -0.1) is 0 Å². The number of benzene rings is 1. The summed E-state index contributed by atoms with van der Waals surface area (Å²) >= 11 is 0. The van der Waals surface area contributed by atoms with Crippen LogP contribution in [0.1, 0.15) is 13.8 Å². The monoisotopic (exact) mass is 212 g/mol. The van der Waals surface area contributed by atoms with E-state index in [-0.39, 0.29) is 13.2 Å². The van der Waals surface area contributed by atoms with Gasteiger partial charge in [-0.1, -0.05) is 26.0 Å². The maximum Gasteiger partial charge on any atom is 0.0866 e. The molecule has 0 atom stereocenters. The van der Waals surface area contributed by atoms with Gasteiger partial charge in [0.2, 0.25) is 0 Å². The molecule has 0 unspecified atom stereocenters. The Morgan fingerprint density at radius 3 is 2.40 bits per heavy atom. The van der Waals surface area contributed by atoms with E-state index in [1.54, 1.807) is 13.1 Å². The predicted octanol–water partition coefficient (Wildman–Crippen LogP) is 1.94. The Labute approximate surface area is 91.1 Å². The first-order valence-electron chi connectivity index (χ1n) is 5.13. The number of para-hydroxylation sites is 2. The molecule has 0 radical (unpaired) electrons. The van der Waals surface area contributed by atoms with Crippen LogP contribution >= 0.6 is 0 Å². The molecule has 86 valence electrons. The third-order valence-corrected chi connectivity index (χ3v) is 1.76. The summed E-state index contributed by atoms with van der Waals surface area (Å²) in [5, 5.41) is 22.1. The molecule has 0 fully saturated rings. The van der Waals surface area contributed by atoms with Crippen molar-refractivity contribution in [3.05, 3.63) is 24.3 Å². The van der Waals surface area contributed by atoms with Crippen molar-refractivity contribution in [1.82, 2.24) is 0 Å². The van der Waals surface area contributed by atoms with E-state index in [9.17, 15) is 5.21 Å². The van der Waals surface area contributed by atoms with Crippen LogP contribution in [0.4, 0.5) is 11.4 Å². The third kappa shape index (κ3) is 4.18. The quantitative estimate of drug-likeness (QED) is 0.668. The number of nitrogens with zero attached hydrogens (tertiary/aromatic N) is 1. The smallest absolute Gasteiger partial charge is 0.0866 e. The summed E-state index contributed by atoms with van der Waals surface area (Å²) < 4.78 is 0. The molecule has 0 spiro atoms. The minimum Gasteiger partial charge on any atom is -0.394 e. The van der Waals surface area contributed by atoms with Crippen LogP contribution in [0.3, 0.4) is 0 Å². The molecular weight excluding hydrogens is 192 g/mol. The first kappa shape index (κ1) is 13.7. The van der Waals surface area contributed by atoms with Gasteiger partial charge in [0.05, 0.1) is 24.5 Å². The highest BCUT2D eigenvalue weighted by Gasteiger charge is 2.05. The fourth-order valence-corrected chi connectivity index (χ4v) is 1.13. The Morgan fingerprint density at radius 1 is 1.27 bits per heavy atom. The Hall–Kier alpha value is -1.26. The van der Waals surface area contributed by atoms with Gasteiger partial charge in [0.15, 0.2) is 0 Å². The number of hydrogen-bond donors (Lipinski definition) is 3. The molecule has 0 saturated heterocycles. The minimum absolute atomic E-state index is 0.0749. The lowest BCUT2D eigenvalue weighted by Gasteiger charge is -2.18. The zero-order valence-corrected chi connectivity index (χ0v) is 9.57. The van der Waals surface area contributed by atoms with Crippen LogP contribution in [0.15, 0.2) is 24.3 Å². The van der Waals surface area contributed by atoms with Gasteiger partial charge in [0.1, 0.15) is 0 Å². The van der Waals surface area contributed by atoms with Gasteiger partial charge in [0.25, 0.3) is 0 Å². The zero-order chi connectivity index (χ0) is 11.7. The number of anilines is 2. The summed E-state index contributed by atoms with van der Waals surface area (Å²) in [5.41, 5.74) is 1.50. The molecular formula is C11H20N2O2. The van der Waals surface area contributed by atoms with E-state index in [4.69, 9.17) is 5.11 Å². The Balaban J connectivity index is 0.000000921. The molecule has 1 aromatic carbocycles. The number of nitrogens with one attached hydrogen (secondary N) is 1. The van der Waals surface area contributed by atoms with Crippen molar-refractivity contribution in [2.45, 2.75) is 13.8 Å². The molecule has 15 heavy (non-hydrogen) atoms. The normalized spacial score (nSPS) is 8.87. The van der Waals surface area contributed by atoms with E-state index >= 15 is 0 Å². The lowest BCUT2D eigenvalue weighted by Crippen LogP contribution is -2.22. The van der Waals surface area contributed by atoms with Gasteiger partial charge in [-0.3, -0.25) is 10.3 Å². The Kier molecular flexibility index (Phi) is 7.40. The van der Waals surface area contributed by atoms with Crippen molar-refractivity contribution in [3.63, 3.8) is 0 Å². The van der Waals surface area contributed by atoms with E-state index in [1.165, 1.54) is 0 Å². The van der Waals surface area contributed by atoms with Crippen LogP contribution < -0.4 is 10.4 Å². The molecule has 0 saturated carbocycles. The highest BCUT2D eigenvalue weighted by Crippen LogP contribution is 2.23. The van der Waals surface area contributed by atoms with Gasteiger partial charge in [0, 0.05) is 7.05 Å². The summed E-state index contributed by atoms with van der Waals surface area (Å²) in [6.45, 7) is 4.13. The highest BCUT2D eigenvalue weighted by atomic mass is 16.5. The van der Waals surface area contributed by atoms with E-state index in [0.717, 1.165) is 10.8 Å². The van der Waals surface area contributed by atoms with Gasteiger partial charge >= 0.3 is 0 Å². The number of aliphatic hydroxyl groups is 1. The summed E-state index contributed by atoms with van der Waals surface area (Å²) in [4.78, 5) is 0. The van der Waals surface area contributed by atoms with Crippen molar-refractivity contribution in [2.24, 2.45) is 0 Å². The summed E-state index contributed by atoms with van der Waals surface area (Å²) in [5.74, 6) is 0. The molecule has 0 amide bonds. The van der Waals surface area contributed by atoms with Crippen molar-refractivity contribution >= 4 is 11.4 Å². The first-order valence-corrected chi connectivity index (χ1v) is 5.13. The maximum atomic E-state index is 9.47. The topological polar surface area (TPSA) is 55.7 Å². The maximum absolute atomic E-state index is 9.47. The fourth-order valence-electron chi connectivity index (χ4n) is 1.13. The van der Waals surface area contributed by atoms with Crippen LogP contribution in [0, 0.1) is 0 Å². The first-order chi connectivity index (χ1) is 7.29. The second-order valence-electron chi connectivity index (χ2n) is 2.61. The summed E-state index contributed by atoms with van der Waals surface area (Å²) in [6, 6.07) is 7.34. The molecule has 0 aliphatic rings. The molecule has 4 nitrogen and oxygen atoms in total. The fraction of sp³-hybridized carbons (Fsp3) is 0.455. The van der Waals surface area contributed by atoms with Crippen LogP contribution in [0.25, 0.3) is 0 Å². The van der Waals surface area contributed by atoms with Crippen molar-refractivity contribution in [2.75, 3.05) is 30.6 Å². The predicted molar refractivity (Wildman–Crippen MR) is 63.6 cm³/mol. The lowest BCUT2D eigenvalue weighted by molar-refractivity contribution is 0.210. The van der Waals surface area contributed by atoms with Crippen molar-refractivity contribution in [3.8, 4) is 0 Å². The molecule has 0 heterocycles. The molecule has 1 aromatic rings. The van der Waals surface area contributed by atoms with Crippen LogP contribution in [0.5, 0.6) is 0 Å². The van der Waals surface area contributed by atoms with Crippen molar-refractivity contribution < 1.29 is 10.3 Å². The standard InChI is InChI=1S/C9H14N2O2.C2H6/c1-10-8-4-2-3-5-9(8)11(13)6-7-12;1-2/h2-5,10,12-13H,6-7H2,1H3;1-2H3. The van der Waals surface area contributed by atoms with E-state index in [2.05, 4.69) is 5.32 Å². The van der Waals surface area contributed by atoms with Crippen LogP contribution in [0.2, 0.25) is 0 Å². The second kappa shape index (κ2) is 8.08. The zero-order valence-electron chi connectivity index (χ0n) is 9.57. The molecule has 0 aliphatic carbocycles. The van der Waals surface area contributed by atoms with Gasteiger partial charge in [-0.2, -0.15) is 0 Å². The van der Waals surface area contributed by atoms with Gasteiger partial charge < -0.3 is 10.4 Å². The van der Waals surface area contributed by atoms with Gasteiger partial charge in [-0.05, 0) is 12.1 Å². The molecule has 3 N–H and O–H groups in total. The van der Waals surface area contributed by atoms with E-state index < -0.39 is 0 Å². The number of rotatable bonds is 4. The van der Waals surface area contributed by atoms with Crippen LogP contribution in [-0.4, -0.2) is 30.5 Å². The Morgan fingerprint density at radius 2 is 1.87 bits per heavy atom.